The van der Waals surface area contributed by atoms with E-state index in [9.17, 15) is 9.59 Å². The Bertz CT molecular complexity index is 932. The van der Waals surface area contributed by atoms with Gasteiger partial charge in [0, 0.05) is 21.5 Å². The molecule has 112 valence electrons. The van der Waals surface area contributed by atoms with Crippen LogP contribution < -0.4 is 10.6 Å². The van der Waals surface area contributed by atoms with E-state index in [0.29, 0.717) is 15.5 Å². The molecule has 1 atom stereocenters. The topological polar surface area (TPSA) is 73.4 Å². The van der Waals surface area contributed by atoms with Crippen molar-refractivity contribution in [3.8, 4) is 0 Å². The number of fused-ring (bicyclic) bond motifs is 1. The van der Waals surface area contributed by atoms with E-state index < -0.39 is 12.0 Å². The van der Waals surface area contributed by atoms with Crippen molar-refractivity contribution in [2.75, 3.05) is 0 Å². The first kappa shape index (κ1) is 14.8. The van der Waals surface area contributed by atoms with Crippen LogP contribution >= 0.6 is 24.0 Å². The van der Waals surface area contributed by atoms with Crippen molar-refractivity contribution >= 4 is 62.6 Å². The van der Waals surface area contributed by atoms with E-state index in [1.54, 1.807) is 0 Å². The number of H-pyrrole nitrogens is 1. The molecule has 22 heavy (non-hydrogen) atoms. The van der Waals surface area contributed by atoms with E-state index in [0.717, 1.165) is 27.6 Å². The van der Waals surface area contributed by atoms with E-state index >= 15 is 0 Å². The lowest BCUT2D eigenvalue weighted by Crippen LogP contribution is -2.42. The number of carboxylic acid groups (broad SMARTS) is 1. The number of aromatic amines is 1. The van der Waals surface area contributed by atoms with Crippen molar-refractivity contribution < 1.29 is 14.7 Å². The number of carboxylic acids is 1. The monoisotopic (exact) mass is 332 g/mol. The minimum atomic E-state index is -1.09. The Labute approximate surface area is 135 Å². The highest BCUT2D eigenvalue weighted by Crippen LogP contribution is 2.33. The van der Waals surface area contributed by atoms with Gasteiger partial charge in [-0.3, -0.25) is 9.69 Å². The number of para-hydroxylation sites is 1. The second kappa shape index (κ2) is 5.26. The maximum absolute atomic E-state index is 12.6. The number of benzene rings is 1. The molecule has 0 radical (unpaired) electrons. The summed E-state index contributed by atoms with van der Waals surface area (Å²) in [4.78, 5) is 28.5. The molecule has 1 aliphatic rings. The van der Waals surface area contributed by atoms with Gasteiger partial charge in [0.1, 0.15) is 10.4 Å². The van der Waals surface area contributed by atoms with E-state index in [1.807, 2.05) is 24.3 Å². The Kier molecular flexibility index (Phi) is 3.54. The third-order valence-electron chi connectivity index (χ3n) is 3.55. The number of nitrogens with zero attached hydrogens (tertiary/aromatic N) is 1. The maximum Gasteiger partial charge on any atom is 0.326 e. The number of aromatic nitrogens is 1. The minimum Gasteiger partial charge on any atom is -0.480 e. The molecule has 1 fully saturated rings. The van der Waals surface area contributed by atoms with Crippen LogP contribution in [0.2, 0.25) is 0 Å². The Morgan fingerprint density at radius 1 is 1.45 bits per heavy atom. The van der Waals surface area contributed by atoms with Crippen LogP contribution in [0.5, 0.6) is 0 Å². The van der Waals surface area contributed by atoms with Crippen LogP contribution in [0.4, 0.5) is 0 Å². The van der Waals surface area contributed by atoms with E-state index in [-0.39, 0.29) is 10.2 Å². The molecule has 5 nitrogen and oxygen atoms in total. The number of aliphatic carboxylic acids is 1. The molecule has 1 unspecified atom stereocenters. The summed E-state index contributed by atoms with van der Waals surface area (Å²) in [5.41, 5.74) is 0.874. The number of carbonyl (C=O) groups is 2. The molecule has 7 heteroatoms. The summed E-state index contributed by atoms with van der Waals surface area (Å²) in [6, 6.07) is 6.56. The van der Waals surface area contributed by atoms with Crippen LogP contribution in [0, 0.1) is 0 Å². The molecule has 1 aliphatic heterocycles. The Morgan fingerprint density at radius 2 is 2.14 bits per heavy atom. The number of amides is 1. The lowest BCUT2D eigenvalue weighted by Gasteiger charge is -2.18. The highest BCUT2D eigenvalue weighted by molar-refractivity contribution is 8.30. The van der Waals surface area contributed by atoms with Crippen LogP contribution in [0.1, 0.15) is 6.92 Å². The fourth-order valence-corrected chi connectivity index (χ4v) is 3.96. The third kappa shape index (κ3) is 2.13. The molecule has 2 N–H and O–H groups in total. The van der Waals surface area contributed by atoms with Gasteiger partial charge in [0.2, 0.25) is 0 Å². The quantitative estimate of drug-likeness (QED) is 0.804. The summed E-state index contributed by atoms with van der Waals surface area (Å²) in [6.45, 7) is 5.39. The predicted molar refractivity (Wildman–Crippen MR) is 90.6 cm³/mol. The van der Waals surface area contributed by atoms with Crippen molar-refractivity contribution in [3.05, 3.63) is 34.8 Å². The number of thiocarbonyl (C=S) groups is 1. The van der Waals surface area contributed by atoms with E-state index in [2.05, 4.69) is 11.6 Å². The van der Waals surface area contributed by atoms with Crippen LogP contribution in [-0.4, -0.2) is 37.2 Å². The summed E-state index contributed by atoms with van der Waals surface area (Å²) < 4.78 is 0.250. The van der Waals surface area contributed by atoms with Gasteiger partial charge < -0.3 is 10.1 Å². The van der Waals surface area contributed by atoms with Gasteiger partial charge >= 0.3 is 5.97 Å². The number of rotatable bonds is 2. The van der Waals surface area contributed by atoms with Gasteiger partial charge in [-0.05, 0) is 13.0 Å². The SMILES string of the molecule is C=c1[nH]c2ccccc2/c1=C1/SC(=S)N(C(C)C(=O)O)C1=O. The van der Waals surface area contributed by atoms with Crippen molar-refractivity contribution in [1.29, 1.82) is 0 Å². The lowest BCUT2D eigenvalue weighted by molar-refractivity contribution is -0.144. The standard InChI is InChI=1S/C15H12N2O3S2/c1-7-11(9-5-3-4-6-10(9)16-7)12-13(18)17(15(21)22-12)8(2)14(19)20/h3-6,8,16H,1H2,2H3,(H,19,20)/b12-11+. The Morgan fingerprint density at radius 3 is 2.82 bits per heavy atom. The van der Waals surface area contributed by atoms with Crippen LogP contribution in [0.3, 0.4) is 0 Å². The molecular formula is C15H12N2O3S2. The van der Waals surface area contributed by atoms with Crippen molar-refractivity contribution in [2.45, 2.75) is 13.0 Å². The second-order valence-corrected chi connectivity index (χ2v) is 6.55. The highest BCUT2D eigenvalue weighted by atomic mass is 32.2. The first-order chi connectivity index (χ1) is 10.4. The molecule has 0 bridgehead atoms. The zero-order valence-corrected chi connectivity index (χ0v) is 13.3. The van der Waals surface area contributed by atoms with Crippen molar-refractivity contribution in [2.24, 2.45) is 0 Å². The zero-order valence-electron chi connectivity index (χ0n) is 11.6. The smallest absolute Gasteiger partial charge is 0.326 e. The Hall–Kier alpha value is -2.12. The second-order valence-electron chi connectivity index (χ2n) is 4.91. The van der Waals surface area contributed by atoms with E-state index in [4.69, 9.17) is 17.3 Å². The molecule has 1 aromatic carbocycles. The fourth-order valence-electron chi connectivity index (χ4n) is 2.43. The highest BCUT2D eigenvalue weighted by Gasteiger charge is 2.38. The largest absolute Gasteiger partial charge is 0.480 e. The molecule has 1 amide bonds. The predicted octanol–water partition coefficient (Wildman–Crippen LogP) is 1.02. The minimum absolute atomic E-state index is 0.250. The normalized spacial score (nSPS) is 19.0. The van der Waals surface area contributed by atoms with Crippen molar-refractivity contribution in [3.63, 3.8) is 0 Å². The average Bonchev–Trinajstić information content (AvgIpc) is 2.94. The van der Waals surface area contributed by atoms with Gasteiger partial charge in [-0.1, -0.05) is 48.8 Å². The first-order valence-electron chi connectivity index (χ1n) is 6.50. The number of thioether (sulfide) groups is 1. The van der Waals surface area contributed by atoms with Crippen LogP contribution in [-0.2, 0) is 9.59 Å². The number of hydrogen-bond donors (Lipinski definition) is 2. The lowest BCUT2D eigenvalue weighted by atomic mass is 10.2. The molecule has 0 aliphatic carbocycles. The molecule has 2 aromatic rings. The zero-order chi connectivity index (χ0) is 16.0. The summed E-state index contributed by atoms with van der Waals surface area (Å²) in [6.07, 6.45) is 0. The summed E-state index contributed by atoms with van der Waals surface area (Å²) >= 11 is 6.30. The van der Waals surface area contributed by atoms with Gasteiger partial charge in [0.25, 0.3) is 5.91 Å². The van der Waals surface area contributed by atoms with Crippen molar-refractivity contribution in [1.82, 2.24) is 9.88 Å². The molecular weight excluding hydrogens is 320 g/mol. The van der Waals surface area contributed by atoms with Gasteiger partial charge in [0.05, 0.1) is 4.91 Å². The summed E-state index contributed by atoms with van der Waals surface area (Å²) in [7, 11) is 0. The van der Waals surface area contributed by atoms with Crippen LogP contribution in [0.25, 0.3) is 22.4 Å². The van der Waals surface area contributed by atoms with E-state index in [1.165, 1.54) is 6.92 Å². The summed E-state index contributed by atoms with van der Waals surface area (Å²) in [5.74, 6) is -1.48. The molecule has 1 aromatic heterocycles. The molecule has 3 rings (SSSR count). The van der Waals surface area contributed by atoms with Gasteiger partial charge in [0.15, 0.2) is 0 Å². The average molecular weight is 332 g/mol. The third-order valence-corrected chi connectivity index (χ3v) is 4.96. The number of hydrogen-bond acceptors (Lipinski definition) is 4. The Balaban J connectivity index is 2.26. The van der Waals surface area contributed by atoms with Gasteiger partial charge in [-0.2, -0.15) is 0 Å². The maximum atomic E-state index is 12.6. The molecule has 1 saturated heterocycles. The number of carbonyl (C=O) groups excluding carboxylic acids is 1. The molecule has 2 heterocycles. The van der Waals surface area contributed by atoms with Gasteiger partial charge in [-0.25, -0.2) is 4.79 Å². The molecule has 0 saturated carbocycles. The number of nitrogens with one attached hydrogen (secondary N) is 1. The van der Waals surface area contributed by atoms with Crippen LogP contribution in [0.15, 0.2) is 24.3 Å². The molecule has 0 spiro atoms. The van der Waals surface area contributed by atoms with Gasteiger partial charge in [-0.15, -0.1) is 0 Å². The summed E-state index contributed by atoms with van der Waals surface area (Å²) in [5, 5.41) is 11.3. The fraction of sp³-hybridized carbons (Fsp3) is 0.133. The first-order valence-corrected chi connectivity index (χ1v) is 7.72.